The molecule has 0 aliphatic rings. The van der Waals surface area contributed by atoms with Gasteiger partial charge in [0.05, 0.1) is 17.3 Å². The number of aliphatic carboxylic acids is 1. The van der Waals surface area contributed by atoms with Gasteiger partial charge in [-0.25, -0.2) is 9.78 Å². The van der Waals surface area contributed by atoms with Crippen LogP contribution in [0.2, 0.25) is 0 Å². The van der Waals surface area contributed by atoms with Crippen LogP contribution in [0.4, 0.5) is 0 Å². The summed E-state index contributed by atoms with van der Waals surface area (Å²) in [5.74, 6) is -0.922. The Morgan fingerprint density at radius 3 is 2.37 bits per heavy atom. The van der Waals surface area contributed by atoms with Crippen LogP contribution in [0.15, 0.2) is 100 Å². The minimum Gasteiger partial charge on any atom is -0.478 e. The summed E-state index contributed by atoms with van der Waals surface area (Å²) in [6.07, 6.45) is 4.30. The SMILES string of the molecule is O=C(O)/C=C/c1ccccc1.O=c1c2ccccc2nc2c1ccc1occcc12. The average molecular weight is 395 g/mol. The van der Waals surface area contributed by atoms with Crippen molar-refractivity contribution in [1.82, 2.24) is 4.98 Å². The molecule has 2 aromatic heterocycles. The molecule has 5 nitrogen and oxygen atoms in total. The highest BCUT2D eigenvalue weighted by atomic mass is 16.4. The fourth-order valence-electron chi connectivity index (χ4n) is 3.17. The molecule has 5 rings (SSSR count). The van der Waals surface area contributed by atoms with E-state index < -0.39 is 5.97 Å². The van der Waals surface area contributed by atoms with Gasteiger partial charge in [-0.3, -0.25) is 4.79 Å². The fraction of sp³-hybridized carbons (Fsp3) is 0. The molecule has 0 unspecified atom stereocenters. The van der Waals surface area contributed by atoms with Gasteiger partial charge in [0.1, 0.15) is 5.58 Å². The van der Waals surface area contributed by atoms with Crippen LogP contribution in [-0.4, -0.2) is 16.1 Å². The number of hydrogen-bond acceptors (Lipinski definition) is 4. The molecule has 0 atom stereocenters. The second kappa shape index (κ2) is 8.41. The predicted octanol–water partition coefficient (Wildman–Crippen LogP) is 5.28. The van der Waals surface area contributed by atoms with Gasteiger partial charge in [-0.2, -0.15) is 0 Å². The van der Waals surface area contributed by atoms with Gasteiger partial charge >= 0.3 is 5.97 Å². The molecule has 0 saturated carbocycles. The lowest BCUT2D eigenvalue weighted by molar-refractivity contribution is -0.131. The first-order valence-corrected chi connectivity index (χ1v) is 9.28. The van der Waals surface area contributed by atoms with Crippen LogP contribution in [0.5, 0.6) is 0 Å². The van der Waals surface area contributed by atoms with E-state index in [0.717, 1.165) is 28.1 Å². The molecule has 0 radical (unpaired) electrons. The zero-order chi connectivity index (χ0) is 20.9. The maximum Gasteiger partial charge on any atom is 0.328 e. The van der Waals surface area contributed by atoms with Crippen LogP contribution in [-0.2, 0) is 4.79 Å². The molecule has 3 aromatic carbocycles. The highest BCUT2D eigenvalue weighted by Gasteiger charge is 2.09. The molecule has 0 bridgehead atoms. The van der Waals surface area contributed by atoms with Gasteiger partial charge in [0.25, 0.3) is 0 Å². The van der Waals surface area contributed by atoms with Crippen molar-refractivity contribution in [2.75, 3.05) is 0 Å². The van der Waals surface area contributed by atoms with E-state index in [2.05, 4.69) is 4.98 Å². The molecule has 0 aliphatic carbocycles. The van der Waals surface area contributed by atoms with Crippen molar-refractivity contribution >= 4 is 44.8 Å². The maximum absolute atomic E-state index is 12.5. The molecule has 0 fully saturated rings. The quantitative estimate of drug-likeness (QED) is 0.250. The first kappa shape index (κ1) is 19.1. The number of nitrogens with zero attached hydrogens (tertiary/aromatic N) is 1. The number of carboxylic acids is 1. The Balaban J connectivity index is 0.000000170. The monoisotopic (exact) mass is 395 g/mol. The topological polar surface area (TPSA) is 80.4 Å². The Kier molecular flexibility index (Phi) is 5.35. The van der Waals surface area contributed by atoms with Crippen molar-refractivity contribution in [2.24, 2.45) is 0 Å². The van der Waals surface area contributed by atoms with Crippen LogP contribution in [0, 0.1) is 0 Å². The van der Waals surface area contributed by atoms with Gasteiger partial charge in [-0.15, -0.1) is 0 Å². The van der Waals surface area contributed by atoms with E-state index in [9.17, 15) is 9.59 Å². The molecule has 1 N–H and O–H groups in total. The zero-order valence-corrected chi connectivity index (χ0v) is 15.9. The molecule has 5 heteroatoms. The standard InChI is InChI=1S/C16H9NO2.C9H8O2/c18-16-10-4-1-2-6-13(10)17-15-11-5-3-9-19-14(11)8-7-12(15)16;10-9(11)7-6-8-4-2-1-3-5-8/h1-9H;1-7H,(H,10,11)/b;7-6+. The molecule has 0 aliphatic heterocycles. The number of para-hydroxylation sites is 1. The number of hydrogen-bond donors (Lipinski definition) is 1. The summed E-state index contributed by atoms with van der Waals surface area (Å²) in [5, 5.41) is 10.4. The summed E-state index contributed by atoms with van der Waals surface area (Å²) < 4.78 is 5.43. The molecule has 146 valence electrons. The van der Waals surface area contributed by atoms with Gasteiger partial charge in [0.15, 0.2) is 5.43 Å². The molecule has 5 aromatic rings. The first-order chi connectivity index (χ1) is 14.6. The van der Waals surface area contributed by atoms with Crippen LogP contribution < -0.4 is 5.43 Å². The van der Waals surface area contributed by atoms with Gasteiger partial charge in [0.2, 0.25) is 0 Å². The van der Waals surface area contributed by atoms with Crippen molar-refractivity contribution in [1.29, 1.82) is 0 Å². The largest absolute Gasteiger partial charge is 0.478 e. The van der Waals surface area contributed by atoms with Crippen molar-refractivity contribution in [3.05, 3.63) is 107 Å². The third-order valence-electron chi connectivity index (χ3n) is 4.56. The number of benzene rings is 3. The van der Waals surface area contributed by atoms with E-state index in [4.69, 9.17) is 9.52 Å². The summed E-state index contributed by atoms with van der Waals surface area (Å²) in [6.45, 7) is 0. The molecular formula is C25H17NO4. The number of carboxylic acid groups (broad SMARTS) is 1. The van der Waals surface area contributed by atoms with E-state index in [1.54, 1.807) is 18.4 Å². The highest BCUT2D eigenvalue weighted by Crippen LogP contribution is 2.23. The Bertz CT molecular complexity index is 1440. The number of carbonyl (C=O) groups is 1. The second-order valence-corrected chi connectivity index (χ2v) is 6.53. The van der Waals surface area contributed by atoms with Crippen LogP contribution in [0.25, 0.3) is 38.9 Å². The first-order valence-electron chi connectivity index (χ1n) is 9.28. The van der Waals surface area contributed by atoms with E-state index in [-0.39, 0.29) is 5.43 Å². The molecule has 0 amide bonds. The Hall–Kier alpha value is -4.25. The lowest BCUT2D eigenvalue weighted by atomic mass is 10.1. The minimum atomic E-state index is -0.922. The van der Waals surface area contributed by atoms with Crippen LogP contribution >= 0.6 is 0 Å². The Morgan fingerprint density at radius 1 is 0.833 bits per heavy atom. The summed E-state index contributed by atoms with van der Waals surface area (Å²) in [4.78, 5) is 27.2. The Labute approximate surface area is 171 Å². The molecular weight excluding hydrogens is 378 g/mol. The molecule has 0 saturated heterocycles. The normalized spacial score (nSPS) is 10.9. The lowest BCUT2D eigenvalue weighted by Gasteiger charge is -2.03. The average Bonchev–Trinajstić information content (AvgIpc) is 2.79. The molecule has 30 heavy (non-hydrogen) atoms. The van der Waals surface area contributed by atoms with Crippen molar-refractivity contribution in [2.45, 2.75) is 0 Å². The minimum absolute atomic E-state index is 0.0198. The molecule has 0 spiro atoms. The summed E-state index contributed by atoms with van der Waals surface area (Å²) >= 11 is 0. The predicted molar refractivity (Wildman–Crippen MR) is 118 cm³/mol. The summed E-state index contributed by atoms with van der Waals surface area (Å²) in [5.41, 5.74) is 3.07. The zero-order valence-electron chi connectivity index (χ0n) is 15.9. The van der Waals surface area contributed by atoms with Crippen LogP contribution in [0.3, 0.4) is 0 Å². The van der Waals surface area contributed by atoms with Gasteiger partial charge in [-0.1, -0.05) is 42.5 Å². The van der Waals surface area contributed by atoms with Crippen molar-refractivity contribution < 1.29 is 14.3 Å². The van der Waals surface area contributed by atoms with E-state index >= 15 is 0 Å². The van der Waals surface area contributed by atoms with E-state index in [0.29, 0.717) is 16.3 Å². The van der Waals surface area contributed by atoms with Crippen LogP contribution in [0.1, 0.15) is 5.56 Å². The summed E-state index contributed by atoms with van der Waals surface area (Å²) in [6, 6.07) is 24.0. The number of rotatable bonds is 2. The maximum atomic E-state index is 12.5. The highest BCUT2D eigenvalue weighted by molar-refractivity contribution is 6.06. The van der Waals surface area contributed by atoms with Gasteiger partial charge in [-0.05, 0) is 48.0 Å². The smallest absolute Gasteiger partial charge is 0.328 e. The van der Waals surface area contributed by atoms with E-state index in [1.165, 1.54) is 0 Å². The van der Waals surface area contributed by atoms with Crippen molar-refractivity contribution in [3.8, 4) is 0 Å². The fourth-order valence-corrected chi connectivity index (χ4v) is 3.17. The number of pyridine rings is 1. The lowest BCUT2D eigenvalue weighted by Crippen LogP contribution is -2.04. The third-order valence-corrected chi connectivity index (χ3v) is 4.56. The Morgan fingerprint density at radius 2 is 1.57 bits per heavy atom. The van der Waals surface area contributed by atoms with Gasteiger partial charge in [0, 0.05) is 22.2 Å². The van der Waals surface area contributed by atoms with E-state index in [1.807, 2.05) is 72.8 Å². The molecule has 2 heterocycles. The number of aromatic nitrogens is 1. The van der Waals surface area contributed by atoms with Gasteiger partial charge < -0.3 is 9.52 Å². The van der Waals surface area contributed by atoms with Crippen molar-refractivity contribution in [3.63, 3.8) is 0 Å². The third kappa shape index (κ3) is 3.95. The second-order valence-electron chi connectivity index (χ2n) is 6.53. The summed E-state index contributed by atoms with van der Waals surface area (Å²) in [7, 11) is 0. The number of fused-ring (bicyclic) bond motifs is 4.